The van der Waals surface area contributed by atoms with Gasteiger partial charge in [0.25, 0.3) is 0 Å². The van der Waals surface area contributed by atoms with Gasteiger partial charge in [-0.1, -0.05) is 12.1 Å². The molecule has 0 saturated carbocycles. The van der Waals surface area contributed by atoms with E-state index in [0.29, 0.717) is 28.2 Å². The van der Waals surface area contributed by atoms with Gasteiger partial charge in [0.05, 0.1) is 18.0 Å². The van der Waals surface area contributed by atoms with E-state index in [9.17, 15) is 22.8 Å². The van der Waals surface area contributed by atoms with E-state index in [0.717, 1.165) is 4.68 Å². The third-order valence-corrected chi connectivity index (χ3v) is 4.26. The molecule has 0 fully saturated rings. The highest BCUT2D eigenvalue weighted by Gasteiger charge is 2.30. The summed E-state index contributed by atoms with van der Waals surface area (Å²) >= 11 is 0. The summed E-state index contributed by atoms with van der Waals surface area (Å²) in [6.07, 6.45) is -4.50. The summed E-state index contributed by atoms with van der Waals surface area (Å²) in [7, 11) is 0. The molecule has 9 heteroatoms. The van der Waals surface area contributed by atoms with Crippen molar-refractivity contribution < 1.29 is 27.9 Å². The Balaban J connectivity index is 2.07. The summed E-state index contributed by atoms with van der Waals surface area (Å²) < 4.78 is 38.6. The molecule has 0 aliphatic carbocycles. The van der Waals surface area contributed by atoms with Crippen molar-refractivity contribution in [2.45, 2.75) is 45.8 Å². The molecule has 2 N–H and O–H groups in total. The molecule has 2 rings (SSSR count). The molecular weight excluding hydrogens is 363 g/mol. The molecule has 0 aliphatic rings. The molecule has 0 spiro atoms. The van der Waals surface area contributed by atoms with Gasteiger partial charge in [-0.05, 0) is 38.5 Å². The number of nitrogens with one attached hydrogen (secondary N) is 1. The zero-order chi connectivity index (χ0) is 20.4. The molecule has 0 saturated heterocycles. The number of aromatic nitrogens is 2. The van der Waals surface area contributed by atoms with E-state index in [1.165, 1.54) is 6.92 Å². The number of carboxylic acids is 1. The second-order valence-corrected chi connectivity index (χ2v) is 6.33. The number of nitrogens with zero attached hydrogens (tertiary/aromatic N) is 2. The minimum Gasteiger partial charge on any atom is -0.481 e. The number of rotatable bonds is 6. The van der Waals surface area contributed by atoms with E-state index in [1.54, 1.807) is 38.1 Å². The predicted molar refractivity (Wildman–Crippen MR) is 92.6 cm³/mol. The van der Waals surface area contributed by atoms with Crippen LogP contribution in [0.15, 0.2) is 24.3 Å². The number of carbonyl (C=O) groups excluding carboxylic acids is 1. The van der Waals surface area contributed by atoms with Gasteiger partial charge in [-0.3, -0.25) is 14.3 Å². The summed E-state index contributed by atoms with van der Waals surface area (Å²) in [6, 6.07) is 6.37. The highest BCUT2D eigenvalue weighted by atomic mass is 19.4. The molecule has 6 nitrogen and oxygen atoms in total. The molecule has 1 heterocycles. The van der Waals surface area contributed by atoms with Gasteiger partial charge in [-0.2, -0.15) is 18.3 Å². The van der Waals surface area contributed by atoms with Gasteiger partial charge in [0.1, 0.15) is 6.54 Å². The predicted octanol–water partition coefficient (Wildman–Crippen LogP) is 3.43. The first-order valence-electron chi connectivity index (χ1n) is 8.20. The normalized spacial score (nSPS) is 12.7. The second kappa shape index (κ2) is 7.81. The first kappa shape index (κ1) is 20.5. The number of amides is 1. The largest absolute Gasteiger partial charge is 0.481 e. The first-order valence-corrected chi connectivity index (χ1v) is 8.20. The minimum atomic E-state index is -4.39. The Kier molecular flexibility index (Phi) is 5.92. The molecule has 27 heavy (non-hydrogen) atoms. The fraction of sp³-hybridized carbons (Fsp3) is 0.389. The number of carboxylic acid groups (broad SMARTS) is 1. The highest BCUT2D eigenvalue weighted by molar-refractivity contribution is 5.92. The lowest BCUT2D eigenvalue weighted by Gasteiger charge is -2.10. The second-order valence-electron chi connectivity index (χ2n) is 6.33. The average Bonchev–Trinajstić information content (AvgIpc) is 2.80. The maximum absolute atomic E-state index is 12.6. The van der Waals surface area contributed by atoms with Gasteiger partial charge in [0.2, 0.25) is 5.91 Å². The van der Waals surface area contributed by atoms with Crippen molar-refractivity contribution in [1.29, 1.82) is 0 Å². The number of aliphatic carboxylic acids is 1. The Bertz CT molecular complexity index is 842. The molecule has 1 unspecified atom stereocenters. The molecule has 1 atom stereocenters. The molecule has 0 bridgehead atoms. The van der Waals surface area contributed by atoms with E-state index in [1.807, 2.05) is 0 Å². The fourth-order valence-corrected chi connectivity index (χ4v) is 2.68. The van der Waals surface area contributed by atoms with Crippen molar-refractivity contribution in [3.63, 3.8) is 0 Å². The average molecular weight is 383 g/mol. The number of benzene rings is 1. The quantitative estimate of drug-likeness (QED) is 0.800. The lowest BCUT2D eigenvalue weighted by Crippen LogP contribution is -2.20. The van der Waals surface area contributed by atoms with Crippen LogP contribution in [-0.4, -0.2) is 32.9 Å². The summed E-state index contributed by atoms with van der Waals surface area (Å²) in [4.78, 5) is 23.2. The lowest BCUT2D eigenvalue weighted by molar-refractivity contribution is -0.143. The Morgan fingerprint density at radius 3 is 2.33 bits per heavy atom. The van der Waals surface area contributed by atoms with Crippen molar-refractivity contribution in [2.24, 2.45) is 0 Å². The molecule has 0 aliphatic heterocycles. The number of anilines is 1. The van der Waals surface area contributed by atoms with Gasteiger partial charge in [0, 0.05) is 16.9 Å². The number of halogens is 3. The number of aryl methyl sites for hydroxylation is 1. The van der Waals surface area contributed by atoms with Gasteiger partial charge in [-0.15, -0.1) is 0 Å². The van der Waals surface area contributed by atoms with Crippen molar-refractivity contribution in [3.8, 4) is 0 Å². The zero-order valence-corrected chi connectivity index (χ0v) is 15.1. The van der Waals surface area contributed by atoms with E-state index < -0.39 is 30.5 Å². The lowest BCUT2D eigenvalue weighted by atomic mass is 10.0. The topological polar surface area (TPSA) is 84.2 Å². The monoisotopic (exact) mass is 383 g/mol. The van der Waals surface area contributed by atoms with Crippen molar-refractivity contribution in [2.75, 3.05) is 5.32 Å². The van der Waals surface area contributed by atoms with Crippen LogP contribution in [0.5, 0.6) is 0 Å². The fourth-order valence-electron chi connectivity index (χ4n) is 2.68. The summed E-state index contributed by atoms with van der Waals surface area (Å²) in [5, 5.41) is 15.5. The van der Waals surface area contributed by atoms with Gasteiger partial charge < -0.3 is 10.4 Å². The van der Waals surface area contributed by atoms with Crippen LogP contribution in [0.1, 0.15) is 35.4 Å². The third-order valence-electron chi connectivity index (χ3n) is 4.26. The Labute approximate surface area is 154 Å². The Morgan fingerprint density at radius 2 is 1.81 bits per heavy atom. The van der Waals surface area contributed by atoms with Crippen molar-refractivity contribution in [1.82, 2.24) is 9.78 Å². The molecular formula is C18H20F3N3O3. The number of hydrogen-bond donors (Lipinski definition) is 2. The van der Waals surface area contributed by atoms with Crippen LogP contribution < -0.4 is 5.32 Å². The van der Waals surface area contributed by atoms with E-state index >= 15 is 0 Å². The smallest absolute Gasteiger partial charge is 0.408 e. The van der Waals surface area contributed by atoms with E-state index in [-0.39, 0.29) is 6.42 Å². The molecule has 146 valence electrons. The summed E-state index contributed by atoms with van der Waals surface area (Å²) in [5.41, 5.74) is 2.19. The van der Waals surface area contributed by atoms with Crippen LogP contribution in [0.25, 0.3) is 0 Å². The van der Waals surface area contributed by atoms with Crippen LogP contribution in [-0.2, 0) is 22.6 Å². The third kappa shape index (κ3) is 5.32. The summed E-state index contributed by atoms with van der Waals surface area (Å²) in [6.45, 7) is 3.41. The molecule has 0 radical (unpaired) electrons. The molecule has 2 aromatic rings. The van der Waals surface area contributed by atoms with Gasteiger partial charge in [0.15, 0.2) is 0 Å². The van der Waals surface area contributed by atoms with E-state index in [4.69, 9.17) is 5.11 Å². The Hall–Kier alpha value is -2.84. The van der Waals surface area contributed by atoms with Gasteiger partial charge >= 0.3 is 12.1 Å². The molecule has 1 aromatic heterocycles. The SMILES string of the molecule is Cc1nn(CC(F)(F)F)c(C)c1CC(=O)Nc1ccc(C(C)C(=O)O)cc1. The minimum absolute atomic E-state index is 0.108. The molecule has 1 amide bonds. The zero-order valence-electron chi connectivity index (χ0n) is 15.1. The number of alkyl halides is 3. The maximum atomic E-state index is 12.6. The van der Waals surface area contributed by atoms with Crippen molar-refractivity contribution >= 4 is 17.6 Å². The number of carbonyl (C=O) groups is 2. The number of hydrogen-bond acceptors (Lipinski definition) is 3. The highest BCUT2D eigenvalue weighted by Crippen LogP contribution is 2.22. The van der Waals surface area contributed by atoms with Crippen LogP contribution >= 0.6 is 0 Å². The maximum Gasteiger partial charge on any atom is 0.408 e. The van der Waals surface area contributed by atoms with E-state index in [2.05, 4.69) is 10.4 Å². The molecule has 1 aromatic carbocycles. The van der Waals surface area contributed by atoms with Crippen LogP contribution in [0, 0.1) is 13.8 Å². The Morgan fingerprint density at radius 1 is 1.22 bits per heavy atom. The van der Waals surface area contributed by atoms with Crippen LogP contribution in [0.2, 0.25) is 0 Å². The van der Waals surface area contributed by atoms with Crippen molar-refractivity contribution in [3.05, 3.63) is 46.8 Å². The van der Waals surface area contributed by atoms with Crippen LogP contribution in [0.3, 0.4) is 0 Å². The van der Waals surface area contributed by atoms with Crippen LogP contribution in [0.4, 0.5) is 18.9 Å². The van der Waals surface area contributed by atoms with Gasteiger partial charge in [-0.25, -0.2) is 0 Å². The summed E-state index contributed by atoms with van der Waals surface area (Å²) in [5.74, 6) is -2.01. The standard InChI is InChI=1S/C18H20F3N3O3/c1-10(17(26)27)13-4-6-14(7-5-13)22-16(25)8-15-11(2)23-24(12(15)3)9-18(19,20)21/h4-7,10H,8-9H2,1-3H3,(H,22,25)(H,26,27). The first-order chi connectivity index (χ1) is 12.5.